The van der Waals surface area contributed by atoms with Crippen molar-refractivity contribution in [2.24, 2.45) is 0 Å². The first-order valence-corrected chi connectivity index (χ1v) is 9.97. The lowest BCUT2D eigenvalue weighted by molar-refractivity contribution is -0.116. The van der Waals surface area contributed by atoms with Gasteiger partial charge in [-0.3, -0.25) is 4.79 Å². The number of hydrogen-bond donors (Lipinski definition) is 0. The van der Waals surface area contributed by atoms with Crippen molar-refractivity contribution in [2.75, 3.05) is 10.7 Å². The number of anilines is 1. The number of thioether (sulfide) groups is 1. The molecule has 5 nitrogen and oxygen atoms in total. The Kier molecular flexibility index (Phi) is 5.47. The number of nitrogens with zero attached hydrogens (tertiary/aromatic N) is 4. The summed E-state index contributed by atoms with van der Waals surface area (Å²) in [5, 5.41) is 9.50. The van der Waals surface area contributed by atoms with E-state index < -0.39 is 0 Å². The molecule has 1 aliphatic heterocycles. The SMILES string of the molecule is CCCn1c(SCC(=O)N2c3ccccc3C[C@H]2C)nnc1C(C)C. The minimum atomic E-state index is 0.139. The molecule has 1 aliphatic rings. The molecule has 0 bridgehead atoms. The maximum Gasteiger partial charge on any atom is 0.237 e. The Bertz CT molecular complexity index is 756. The Balaban J connectivity index is 1.73. The van der Waals surface area contributed by atoms with E-state index in [1.807, 2.05) is 23.1 Å². The first kappa shape index (κ1) is 18.0. The van der Waals surface area contributed by atoms with E-state index in [1.54, 1.807) is 0 Å². The Labute approximate surface area is 153 Å². The zero-order valence-electron chi connectivity index (χ0n) is 15.4. The Hall–Kier alpha value is -1.82. The summed E-state index contributed by atoms with van der Waals surface area (Å²) in [6.07, 6.45) is 1.95. The summed E-state index contributed by atoms with van der Waals surface area (Å²) in [6.45, 7) is 9.39. The molecule has 1 aromatic carbocycles. The second-order valence-corrected chi connectivity index (χ2v) is 7.82. The standard InChI is InChI=1S/C19H26N4OS/c1-5-10-22-18(13(2)3)20-21-19(22)25-12-17(24)23-14(4)11-15-8-6-7-9-16(15)23/h6-9,13-14H,5,10-12H2,1-4H3/t14-/m1/s1. The number of benzene rings is 1. The topological polar surface area (TPSA) is 51.0 Å². The summed E-state index contributed by atoms with van der Waals surface area (Å²) in [6, 6.07) is 8.40. The van der Waals surface area contributed by atoms with Crippen LogP contribution >= 0.6 is 11.8 Å². The molecule has 0 saturated heterocycles. The molecule has 0 radical (unpaired) electrons. The molecular weight excluding hydrogens is 332 g/mol. The Morgan fingerprint density at radius 1 is 1.32 bits per heavy atom. The van der Waals surface area contributed by atoms with E-state index in [4.69, 9.17) is 0 Å². The highest BCUT2D eigenvalue weighted by Crippen LogP contribution is 2.33. The van der Waals surface area contributed by atoms with Gasteiger partial charge >= 0.3 is 0 Å². The zero-order valence-corrected chi connectivity index (χ0v) is 16.2. The Morgan fingerprint density at radius 3 is 2.80 bits per heavy atom. The fourth-order valence-electron chi connectivity index (χ4n) is 3.41. The van der Waals surface area contributed by atoms with Crippen LogP contribution in [0, 0.1) is 0 Å². The fraction of sp³-hybridized carbons (Fsp3) is 0.526. The van der Waals surface area contributed by atoms with Gasteiger partial charge in [0.05, 0.1) is 5.75 Å². The lowest BCUT2D eigenvalue weighted by atomic mass is 10.1. The van der Waals surface area contributed by atoms with Gasteiger partial charge in [-0.05, 0) is 31.4 Å². The third-order valence-corrected chi connectivity index (χ3v) is 5.46. The monoisotopic (exact) mass is 358 g/mol. The van der Waals surface area contributed by atoms with E-state index in [-0.39, 0.29) is 11.9 Å². The summed E-state index contributed by atoms with van der Waals surface area (Å²) >= 11 is 1.50. The third-order valence-electron chi connectivity index (χ3n) is 4.51. The van der Waals surface area contributed by atoms with Crippen molar-refractivity contribution in [3.8, 4) is 0 Å². The van der Waals surface area contributed by atoms with Crippen molar-refractivity contribution in [1.29, 1.82) is 0 Å². The van der Waals surface area contributed by atoms with Gasteiger partial charge in [-0.1, -0.05) is 50.7 Å². The molecule has 1 aromatic heterocycles. The number of amides is 1. The second kappa shape index (κ2) is 7.60. The van der Waals surface area contributed by atoms with Gasteiger partial charge in [-0.2, -0.15) is 0 Å². The van der Waals surface area contributed by atoms with Crippen molar-refractivity contribution in [1.82, 2.24) is 14.8 Å². The van der Waals surface area contributed by atoms with Crippen LogP contribution in [0.3, 0.4) is 0 Å². The lowest BCUT2D eigenvalue weighted by Crippen LogP contribution is -2.37. The lowest BCUT2D eigenvalue weighted by Gasteiger charge is -2.22. The molecule has 0 saturated carbocycles. The molecule has 1 amide bonds. The van der Waals surface area contributed by atoms with E-state index in [1.165, 1.54) is 17.3 Å². The molecule has 2 aromatic rings. The fourth-order valence-corrected chi connectivity index (χ4v) is 4.24. The van der Waals surface area contributed by atoms with Crippen molar-refractivity contribution >= 4 is 23.4 Å². The summed E-state index contributed by atoms with van der Waals surface area (Å²) in [4.78, 5) is 14.8. The van der Waals surface area contributed by atoms with E-state index in [2.05, 4.69) is 48.5 Å². The number of carbonyl (C=O) groups is 1. The number of para-hydroxylation sites is 1. The zero-order chi connectivity index (χ0) is 18.0. The van der Waals surface area contributed by atoms with Gasteiger partial charge in [0.15, 0.2) is 5.16 Å². The molecule has 25 heavy (non-hydrogen) atoms. The van der Waals surface area contributed by atoms with Gasteiger partial charge in [-0.15, -0.1) is 10.2 Å². The maximum atomic E-state index is 12.8. The third kappa shape index (κ3) is 3.59. The van der Waals surface area contributed by atoms with Crippen molar-refractivity contribution in [3.05, 3.63) is 35.7 Å². The van der Waals surface area contributed by atoms with Crippen LogP contribution in [0.4, 0.5) is 5.69 Å². The molecule has 0 N–H and O–H groups in total. The average molecular weight is 359 g/mol. The van der Waals surface area contributed by atoms with E-state index in [0.29, 0.717) is 11.7 Å². The van der Waals surface area contributed by atoms with Crippen LogP contribution < -0.4 is 4.90 Å². The number of rotatable bonds is 6. The van der Waals surface area contributed by atoms with Crippen molar-refractivity contribution < 1.29 is 4.79 Å². The number of carbonyl (C=O) groups excluding carboxylic acids is 1. The summed E-state index contributed by atoms with van der Waals surface area (Å²) in [5.74, 6) is 1.85. The van der Waals surface area contributed by atoms with Gasteiger partial charge in [0.25, 0.3) is 0 Å². The largest absolute Gasteiger partial charge is 0.308 e. The maximum absolute atomic E-state index is 12.8. The molecule has 6 heteroatoms. The summed E-state index contributed by atoms with van der Waals surface area (Å²) in [7, 11) is 0. The highest BCUT2D eigenvalue weighted by atomic mass is 32.2. The highest BCUT2D eigenvalue weighted by molar-refractivity contribution is 7.99. The Morgan fingerprint density at radius 2 is 2.08 bits per heavy atom. The predicted molar refractivity (Wildman–Crippen MR) is 102 cm³/mol. The molecule has 2 heterocycles. The van der Waals surface area contributed by atoms with Crippen LogP contribution in [-0.2, 0) is 17.8 Å². The molecule has 0 unspecified atom stereocenters. The highest BCUT2D eigenvalue weighted by Gasteiger charge is 2.30. The molecule has 3 rings (SSSR count). The summed E-state index contributed by atoms with van der Waals surface area (Å²) in [5.41, 5.74) is 2.31. The van der Waals surface area contributed by atoms with E-state index in [0.717, 1.165) is 36.1 Å². The molecule has 0 aliphatic carbocycles. The van der Waals surface area contributed by atoms with Gasteiger partial charge in [0.1, 0.15) is 5.82 Å². The first-order valence-electron chi connectivity index (χ1n) is 8.98. The smallest absolute Gasteiger partial charge is 0.237 e. The van der Waals surface area contributed by atoms with Crippen molar-refractivity contribution in [2.45, 2.75) is 64.2 Å². The minimum absolute atomic E-state index is 0.139. The van der Waals surface area contributed by atoms with Crippen LogP contribution in [0.2, 0.25) is 0 Å². The van der Waals surface area contributed by atoms with Gasteiger partial charge in [0, 0.05) is 24.2 Å². The van der Waals surface area contributed by atoms with E-state index >= 15 is 0 Å². The van der Waals surface area contributed by atoms with Gasteiger partial charge < -0.3 is 9.47 Å². The number of aromatic nitrogens is 3. The average Bonchev–Trinajstić information content (AvgIpc) is 3.13. The number of fused-ring (bicyclic) bond motifs is 1. The molecule has 134 valence electrons. The van der Waals surface area contributed by atoms with Crippen molar-refractivity contribution in [3.63, 3.8) is 0 Å². The molecule has 1 atom stereocenters. The normalized spacial score (nSPS) is 16.5. The molecule has 0 spiro atoms. The second-order valence-electron chi connectivity index (χ2n) is 6.88. The first-order chi connectivity index (χ1) is 12.0. The predicted octanol–water partition coefficient (Wildman–Crippen LogP) is 3.88. The quantitative estimate of drug-likeness (QED) is 0.735. The molecular formula is C19H26N4OS. The minimum Gasteiger partial charge on any atom is -0.308 e. The van der Waals surface area contributed by atoms with Crippen LogP contribution in [0.25, 0.3) is 0 Å². The van der Waals surface area contributed by atoms with Crippen LogP contribution in [0.1, 0.15) is 51.4 Å². The summed E-state index contributed by atoms with van der Waals surface area (Å²) < 4.78 is 2.16. The van der Waals surface area contributed by atoms with Crippen LogP contribution in [0.5, 0.6) is 0 Å². The van der Waals surface area contributed by atoms with Crippen LogP contribution in [0.15, 0.2) is 29.4 Å². The van der Waals surface area contributed by atoms with Gasteiger partial charge in [0.2, 0.25) is 5.91 Å². The molecule has 0 fully saturated rings. The van der Waals surface area contributed by atoms with Crippen LogP contribution in [-0.4, -0.2) is 32.5 Å². The van der Waals surface area contributed by atoms with E-state index in [9.17, 15) is 4.79 Å². The number of hydrogen-bond acceptors (Lipinski definition) is 4. The van der Waals surface area contributed by atoms with Gasteiger partial charge in [-0.25, -0.2) is 0 Å².